The summed E-state index contributed by atoms with van der Waals surface area (Å²) in [5.74, 6) is 0.203. The maximum absolute atomic E-state index is 11.3. The third kappa shape index (κ3) is 5.64. The van der Waals surface area contributed by atoms with Crippen LogP contribution in [0.3, 0.4) is 0 Å². The minimum atomic E-state index is 0.0744. The van der Waals surface area contributed by atoms with Gasteiger partial charge in [0.1, 0.15) is 0 Å². The summed E-state index contributed by atoms with van der Waals surface area (Å²) in [6.07, 6.45) is 0. The molecule has 13 heavy (non-hydrogen) atoms. The first kappa shape index (κ1) is 12.4. The molecular formula is C10H22N2O. The maximum atomic E-state index is 11.3. The number of rotatable bonds is 5. The Balaban J connectivity index is 3.80. The highest BCUT2D eigenvalue weighted by molar-refractivity contribution is 5.77. The molecule has 0 aliphatic rings. The summed E-state index contributed by atoms with van der Waals surface area (Å²) < 4.78 is 0. The van der Waals surface area contributed by atoms with Crippen molar-refractivity contribution < 1.29 is 4.79 Å². The van der Waals surface area contributed by atoms with Gasteiger partial charge in [0.25, 0.3) is 0 Å². The zero-order valence-electron chi connectivity index (χ0n) is 9.40. The molecule has 3 heteroatoms. The summed E-state index contributed by atoms with van der Waals surface area (Å²) in [4.78, 5) is 11.3. The SMILES string of the molecule is CNCC(C)(C)CNC(=O)C(C)C. The highest BCUT2D eigenvalue weighted by Crippen LogP contribution is 2.11. The van der Waals surface area contributed by atoms with E-state index in [1.807, 2.05) is 20.9 Å². The minimum absolute atomic E-state index is 0.0744. The smallest absolute Gasteiger partial charge is 0.222 e. The highest BCUT2D eigenvalue weighted by atomic mass is 16.1. The average Bonchev–Trinajstić information content (AvgIpc) is 2.00. The molecule has 1 amide bonds. The molecule has 0 fully saturated rings. The molecule has 0 rings (SSSR count). The van der Waals surface area contributed by atoms with E-state index in [2.05, 4.69) is 24.5 Å². The van der Waals surface area contributed by atoms with Crippen LogP contribution in [0, 0.1) is 11.3 Å². The molecule has 2 N–H and O–H groups in total. The van der Waals surface area contributed by atoms with Crippen molar-refractivity contribution in [2.45, 2.75) is 27.7 Å². The summed E-state index contributed by atoms with van der Waals surface area (Å²) in [5.41, 5.74) is 0.124. The molecule has 0 saturated carbocycles. The first-order chi connectivity index (χ1) is 5.89. The standard InChI is InChI=1S/C10H22N2O/c1-8(2)9(13)12-7-10(3,4)6-11-5/h8,11H,6-7H2,1-5H3,(H,12,13). The Morgan fingerprint density at radius 3 is 2.23 bits per heavy atom. The van der Waals surface area contributed by atoms with Crippen LogP contribution in [0.2, 0.25) is 0 Å². The molecule has 0 aliphatic carbocycles. The second-order valence-corrected chi connectivity index (χ2v) is 4.57. The Bertz CT molecular complexity index is 164. The summed E-state index contributed by atoms with van der Waals surface area (Å²) >= 11 is 0. The van der Waals surface area contributed by atoms with Gasteiger partial charge in [0, 0.05) is 19.0 Å². The van der Waals surface area contributed by atoms with Crippen LogP contribution in [-0.2, 0) is 4.79 Å². The van der Waals surface area contributed by atoms with E-state index in [1.54, 1.807) is 0 Å². The number of carbonyl (C=O) groups is 1. The van der Waals surface area contributed by atoms with Crippen molar-refractivity contribution in [3.8, 4) is 0 Å². The molecule has 3 nitrogen and oxygen atoms in total. The van der Waals surface area contributed by atoms with Gasteiger partial charge in [-0.1, -0.05) is 27.7 Å². The van der Waals surface area contributed by atoms with Crippen molar-refractivity contribution in [1.82, 2.24) is 10.6 Å². The van der Waals surface area contributed by atoms with Crippen molar-refractivity contribution in [3.05, 3.63) is 0 Å². The van der Waals surface area contributed by atoms with E-state index in [-0.39, 0.29) is 17.2 Å². The van der Waals surface area contributed by atoms with Crippen molar-refractivity contribution in [3.63, 3.8) is 0 Å². The van der Waals surface area contributed by atoms with Crippen LogP contribution in [-0.4, -0.2) is 26.0 Å². The van der Waals surface area contributed by atoms with Gasteiger partial charge in [0.2, 0.25) is 5.91 Å². The predicted molar refractivity (Wildman–Crippen MR) is 55.6 cm³/mol. The van der Waals surface area contributed by atoms with Gasteiger partial charge in [-0.3, -0.25) is 4.79 Å². The first-order valence-corrected chi connectivity index (χ1v) is 4.81. The third-order valence-corrected chi connectivity index (χ3v) is 1.92. The zero-order valence-corrected chi connectivity index (χ0v) is 9.40. The van der Waals surface area contributed by atoms with Crippen LogP contribution in [0.4, 0.5) is 0 Å². The largest absolute Gasteiger partial charge is 0.355 e. The fourth-order valence-corrected chi connectivity index (χ4v) is 1.07. The van der Waals surface area contributed by atoms with Gasteiger partial charge in [-0.25, -0.2) is 0 Å². The molecule has 78 valence electrons. The van der Waals surface area contributed by atoms with E-state index in [0.717, 1.165) is 13.1 Å². The molecule has 0 saturated heterocycles. The Morgan fingerprint density at radius 2 is 1.85 bits per heavy atom. The van der Waals surface area contributed by atoms with Crippen LogP contribution >= 0.6 is 0 Å². The second kappa shape index (κ2) is 5.22. The lowest BCUT2D eigenvalue weighted by molar-refractivity contribution is -0.124. The topological polar surface area (TPSA) is 41.1 Å². The molecule has 0 unspecified atom stereocenters. The van der Waals surface area contributed by atoms with Crippen molar-refractivity contribution >= 4 is 5.91 Å². The van der Waals surface area contributed by atoms with Gasteiger partial charge in [-0.2, -0.15) is 0 Å². The van der Waals surface area contributed by atoms with E-state index in [1.165, 1.54) is 0 Å². The van der Waals surface area contributed by atoms with Crippen LogP contribution in [0.1, 0.15) is 27.7 Å². The molecule has 0 radical (unpaired) electrons. The van der Waals surface area contributed by atoms with Crippen LogP contribution in [0.5, 0.6) is 0 Å². The summed E-state index contributed by atoms with van der Waals surface area (Å²) in [6.45, 7) is 9.70. The van der Waals surface area contributed by atoms with E-state index in [4.69, 9.17) is 0 Å². The summed E-state index contributed by atoms with van der Waals surface area (Å²) in [5, 5.41) is 6.04. The Morgan fingerprint density at radius 1 is 1.31 bits per heavy atom. The van der Waals surface area contributed by atoms with Gasteiger partial charge in [-0.15, -0.1) is 0 Å². The molecule has 0 aromatic heterocycles. The average molecular weight is 186 g/mol. The Hall–Kier alpha value is -0.570. The van der Waals surface area contributed by atoms with Crippen LogP contribution < -0.4 is 10.6 Å². The van der Waals surface area contributed by atoms with E-state index in [0.29, 0.717) is 0 Å². The quantitative estimate of drug-likeness (QED) is 0.672. The van der Waals surface area contributed by atoms with E-state index >= 15 is 0 Å². The molecule has 0 aromatic rings. The fraction of sp³-hybridized carbons (Fsp3) is 0.900. The van der Waals surface area contributed by atoms with Crippen molar-refractivity contribution in [2.24, 2.45) is 11.3 Å². The number of hydrogen-bond acceptors (Lipinski definition) is 2. The number of nitrogens with one attached hydrogen (secondary N) is 2. The maximum Gasteiger partial charge on any atom is 0.222 e. The number of hydrogen-bond donors (Lipinski definition) is 2. The normalized spacial score (nSPS) is 11.8. The lowest BCUT2D eigenvalue weighted by atomic mass is 9.93. The van der Waals surface area contributed by atoms with Gasteiger partial charge in [0.15, 0.2) is 0 Å². The Labute approximate surface area is 81.3 Å². The lowest BCUT2D eigenvalue weighted by Crippen LogP contribution is -2.40. The van der Waals surface area contributed by atoms with E-state index < -0.39 is 0 Å². The highest BCUT2D eigenvalue weighted by Gasteiger charge is 2.18. The lowest BCUT2D eigenvalue weighted by Gasteiger charge is -2.24. The van der Waals surface area contributed by atoms with Gasteiger partial charge in [0.05, 0.1) is 0 Å². The van der Waals surface area contributed by atoms with Crippen LogP contribution in [0.15, 0.2) is 0 Å². The fourth-order valence-electron chi connectivity index (χ4n) is 1.07. The molecule has 0 aromatic carbocycles. The number of carbonyl (C=O) groups excluding carboxylic acids is 1. The van der Waals surface area contributed by atoms with Crippen molar-refractivity contribution in [1.29, 1.82) is 0 Å². The van der Waals surface area contributed by atoms with Crippen molar-refractivity contribution in [2.75, 3.05) is 20.1 Å². The second-order valence-electron chi connectivity index (χ2n) is 4.57. The van der Waals surface area contributed by atoms with E-state index in [9.17, 15) is 4.79 Å². The first-order valence-electron chi connectivity index (χ1n) is 4.81. The Kier molecular flexibility index (Phi) is 4.99. The van der Waals surface area contributed by atoms with Gasteiger partial charge >= 0.3 is 0 Å². The molecule has 0 aliphatic heterocycles. The molecule has 0 bridgehead atoms. The third-order valence-electron chi connectivity index (χ3n) is 1.92. The van der Waals surface area contributed by atoms with Crippen LogP contribution in [0.25, 0.3) is 0 Å². The molecule has 0 spiro atoms. The molecular weight excluding hydrogens is 164 g/mol. The molecule has 0 atom stereocenters. The van der Waals surface area contributed by atoms with Gasteiger partial charge < -0.3 is 10.6 Å². The predicted octanol–water partition coefficient (Wildman–Crippen LogP) is 1.00. The monoisotopic (exact) mass is 186 g/mol. The summed E-state index contributed by atoms with van der Waals surface area (Å²) in [6, 6.07) is 0. The minimum Gasteiger partial charge on any atom is -0.355 e. The number of amides is 1. The zero-order chi connectivity index (χ0) is 10.5. The summed E-state index contributed by atoms with van der Waals surface area (Å²) in [7, 11) is 1.92. The molecule has 0 heterocycles. The van der Waals surface area contributed by atoms with Gasteiger partial charge in [-0.05, 0) is 12.5 Å².